The number of nitrogens with one attached hydrogen (secondary N) is 2. The molecule has 1 fully saturated rings. The fourth-order valence-electron chi connectivity index (χ4n) is 2.26. The average molecular weight is 385 g/mol. The molecule has 2 rings (SSSR count). The average Bonchev–Trinajstić information content (AvgIpc) is 2.55. The summed E-state index contributed by atoms with van der Waals surface area (Å²) in [5.41, 5.74) is 0.232. The second kappa shape index (κ2) is 9.26. The highest BCUT2D eigenvalue weighted by Gasteiger charge is 2.26. The van der Waals surface area contributed by atoms with Gasteiger partial charge in [0.25, 0.3) is 5.91 Å². The summed E-state index contributed by atoms with van der Waals surface area (Å²) in [5.74, 6) is -3.84. The Labute approximate surface area is 145 Å². The minimum atomic E-state index is -4.63. The number of amides is 1. The molecule has 1 amide bonds. The van der Waals surface area contributed by atoms with E-state index in [4.69, 9.17) is 4.74 Å². The summed E-state index contributed by atoms with van der Waals surface area (Å²) in [6, 6.07) is 4.49. The lowest BCUT2D eigenvalue weighted by molar-refractivity contribution is -0.906. The topological polar surface area (TPSA) is 76.9 Å². The Balaban J connectivity index is 0.00000288. The molecule has 0 bridgehead atoms. The number of carbonyl (C=O) groups excluding carboxylic acids is 1. The molecule has 1 saturated heterocycles. The van der Waals surface area contributed by atoms with Crippen LogP contribution in [0.1, 0.15) is 10.4 Å². The highest BCUT2D eigenvalue weighted by Crippen LogP contribution is 2.18. The van der Waals surface area contributed by atoms with E-state index in [-0.39, 0.29) is 23.9 Å². The van der Waals surface area contributed by atoms with Gasteiger partial charge in [0.05, 0.1) is 31.2 Å². The lowest BCUT2D eigenvalue weighted by Crippen LogP contribution is -3.14. The Morgan fingerprint density at radius 3 is 2.33 bits per heavy atom. The number of benzene rings is 1. The maximum atomic E-state index is 12.4. The van der Waals surface area contributed by atoms with Crippen LogP contribution in [0.4, 0.5) is 8.78 Å². The first-order valence-electron chi connectivity index (χ1n) is 7.23. The molecule has 0 aliphatic carbocycles. The molecule has 136 valence electrons. The van der Waals surface area contributed by atoms with Gasteiger partial charge in [-0.15, -0.1) is 0 Å². The Morgan fingerprint density at radius 2 is 1.79 bits per heavy atom. The summed E-state index contributed by atoms with van der Waals surface area (Å²) in [4.78, 5) is 12.8. The number of alkyl halides is 2. The van der Waals surface area contributed by atoms with Crippen LogP contribution in [0.15, 0.2) is 29.2 Å². The van der Waals surface area contributed by atoms with Crippen LogP contribution in [0.5, 0.6) is 0 Å². The van der Waals surface area contributed by atoms with Gasteiger partial charge in [-0.05, 0) is 24.3 Å². The van der Waals surface area contributed by atoms with Crippen molar-refractivity contribution in [3.05, 3.63) is 29.8 Å². The molecular formula is C14H19ClF2N2O4S. The van der Waals surface area contributed by atoms with Gasteiger partial charge < -0.3 is 27.4 Å². The molecule has 0 unspecified atom stereocenters. The van der Waals surface area contributed by atoms with E-state index < -0.39 is 20.5 Å². The Bertz CT molecular complexity index is 635. The van der Waals surface area contributed by atoms with E-state index in [1.54, 1.807) is 0 Å². The molecular weight excluding hydrogens is 366 g/mol. The van der Waals surface area contributed by atoms with Crippen LogP contribution < -0.4 is 22.6 Å². The van der Waals surface area contributed by atoms with Gasteiger partial charge in [-0.1, -0.05) is 0 Å². The molecule has 0 saturated carbocycles. The molecule has 0 atom stereocenters. The summed E-state index contributed by atoms with van der Waals surface area (Å²) in [6.07, 6.45) is 0. The smallest absolute Gasteiger partial charge is 0.341 e. The number of hydrogen-bond donors (Lipinski definition) is 2. The van der Waals surface area contributed by atoms with E-state index in [1.807, 2.05) is 0 Å². The lowest BCUT2D eigenvalue weighted by atomic mass is 10.2. The molecule has 1 heterocycles. The summed E-state index contributed by atoms with van der Waals surface area (Å²) in [7, 11) is -4.63. The van der Waals surface area contributed by atoms with Crippen LogP contribution in [0.3, 0.4) is 0 Å². The fourth-order valence-corrected chi connectivity index (χ4v) is 2.98. The van der Waals surface area contributed by atoms with Gasteiger partial charge in [0.15, 0.2) is 0 Å². The highest BCUT2D eigenvalue weighted by atomic mass is 35.5. The number of quaternary nitrogens is 1. The highest BCUT2D eigenvalue weighted by molar-refractivity contribution is 7.91. The normalized spacial score (nSPS) is 15.8. The van der Waals surface area contributed by atoms with E-state index in [0.29, 0.717) is 19.8 Å². The van der Waals surface area contributed by atoms with Crippen molar-refractivity contribution in [3.8, 4) is 0 Å². The van der Waals surface area contributed by atoms with E-state index in [2.05, 4.69) is 5.32 Å². The van der Waals surface area contributed by atoms with E-state index in [0.717, 1.165) is 31.8 Å². The standard InChI is InChI=1S/C14H18F2N2O4S.ClH/c15-14(16)23(20,21)12-3-1-11(2-4-12)13(19)17-5-6-18-7-9-22-10-8-18;/h1-4,14H,5-10H2,(H,17,19);1H. The van der Waals surface area contributed by atoms with Gasteiger partial charge in [-0.3, -0.25) is 4.79 Å². The van der Waals surface area contributed by atoms with Crippen LogP contribution in [-0.4, -0.2) is 59.5 Å². The quantitative estimate of drug-likeness (QED) is 0.530. The molecule has 10 heteroatoms. The number of rotatable bonds is 6. The number of sulfone groups is 1. The van der Waals surface area contributed by atoms with Crippen molar-refractivity contribution in [2.45, 2.75) is 10.7 Å². The molecule has 1 aliphatic heterocycles. The van der Waals surface area contributed by atoms with Crippen molar-refractivity contribution in [1.82, 2.24) is 5.32 Å². The van der Waals surface area contributed by atoms with E-state index >= 15 is 0 Å². The summed E-state index contributed by atoms with van der Waals surface area (Å²) >= 11 is 0. The van der Waals surface area contributed by atoms with Gasteiger partial charge in [0.1, 0.15) is 13.1 Å². The maximum absolute atomic E-state index is 12.4. The van der Waals surface area contributed by atoms with Crippen molar-refractivity contribution in [3.63, 3.8) is 0 Å². The largest absolute Gasteiger partial charge is 1.00 e. The molecule has 24 heavy (non-hydrogen) atoms. The second-order valence-corrected chi connectivity index (χ2v) is 7.12. The van der Waals surface area contributed by atoms with Crippen molar-refractivity contribution in [1.29, 1.82) is 0 Å². The Kier molecular flexibility index (Phi) is 8.01. The zero-order valence-electron chi connectivity index (χ0n) is 12.8. The van der Waals surface area contributed by atoms with Crippen LogP contribution in [-0.2, 0) is 14.6 Å². The first kappa shape index (κ1) is 20.8. The van der Waals surface area contributed by atoms with Crippen LogP contribution in [0, 0.1) is 0 Å². The van der Waals surface area contributed by atoms with Gasteiger partial charge in [-0.25, -0.2) is 8.42 Å². The van der Waals surface area contributed by atoms with Gasteiger partial charge in [-0.2, -0.15) is 8.78 Å². The van der Waals surface area contributed by atoms with Gasteiger partial charge in [0.2, 0.25) is 9.84 Å². The predicted octanol–water partition coefficient (Wildman–Crippen LogP) is -3.67. The Morgan fingerprint density at radius 1 is 1.21 bits per heavy atom. The molecule has 1 aromatic carbocycles. The molecule has 0 radical (unpaired) electrons. The number of carbonyl (C=O) groups is 1. The van der Waals surface area contributed by atoms with Crippen molar-refractivity contribution < 1.29 is 44.0 Å². The monoisotopic (exact) mass is 384 g/mol. The van der Waals surface area contributed by atoms with E-state index in [1.165, 1.54) is 17.0 Å². The molecule has 2 N–H and O–H groups in total. The third-order valence-electron chi connectivity index (χ3n) is 3.64. The molecule has 1 aliphatic rings. The Hall–Kier alpha value is -1.29. The fraction of sp³-hybridized carbons (Fsp3) is 0.500. The van der Waals surface area contributed by atoms with Crippen molar-refractivity contribution >= 4 is 15.7 Å². The van der Waals surface area contributed by atoms with Crippen LogP contribution in [0.25, 0.3) is 0 Å². The summed E-state index contributed by atoms with van der Waals surface area (Å²) < 4.78 is 52.7. The second-order valence-electron chi connectivity index (χ2n) is 5.20. The number of hydrogen-bond acceptors (Lipinski definition) is 4. The molecule has 1 aromatic rings. The zero-order chi connectivity index (χ0) is 16.9. The third kappa shape index (κ3) is 5.37. The summed E-state index contributed by atoms with van der Waals surface area (Å²) in [6.45, 7) is 4.47. The zero-order valence-corrected chi connectivity index (χ0v) is 14.4. The minimum absolute atomic E-state index is 0. The molecule has 0 spiro atoms. The number of halogens is 3. The molecule has 0 aromatic heterocycles. The SMILES string of the molecule is O=C(NCC[NH+]1CCOCC1)c1ccc(S(=O)(=O)C(F)F)cc1.[Cl-]. The number of ether oxygens (including phenoxy) is 1. The molecule has 6 nitrogen and oxygen atoms in total. The first-order chi connectivity index (χ1) is 10.9. The predicted molar refractivity (Wildman–Crippen MR) is 78.3 cm³/mol. The van der Waals surface area contributed by atoms with Gasteiger partial charge in [0, 0.05) is 5.56 Å². The lowest BCUT2D eigenvalue weighted by Gasteiger charge is -2.23. The third-order valence-corrected chi connectivity index (χ3v) is 5.04. The summed E-state index contributed by atoms with van der Waals surface area (Å²) in [5, 5.41) is 2.73. The van der Waals surface area contributed by atoms with Gasteiger partial charge >= 0.3 is 5.76 Å². The number of morpholine rings is 1. The first-order valence-corrected chi connectivity index (χ1v) is 8.77. The van der Waals surface area contributed by atoms with Crippen LogP contribution >= 0.6 is 0 Å². The van der Waals surface area contributed by atoms with Crippen molar-refractivity contribution in [2.24, 2.45) is 0 Å². The minimum Gasteiger partial charge on any atom is -1.00 e. The maximum Gasteiger partial charge on any atom is 0.341 e. The van der Waals surface area contributed by atoms with Crippen molar-refractivity contribution in [2.75, 3.05) is 39.4 Å². The van der Waals surface area contributed by atoms with E-state index in [9.17, 15) is 22.0 Å². The van der Waals surface area contributed by atoms with Crippen LogP contribution in [0.2, 0.25) is 0 Å².